The third-order valence-corrected chi connectivity index (χ3v) is 4.99. The fourth-order valence-electron chi connectivity index (χ4n) is 3.54. The van der Waals surface area contributed by atoms with E-state index in [0.29, 0.717) is 18.8 Å². The van der Waals surface area contributed by atoms with Crippen molar-refractivity contribution in [3.63, 3.8) is 0 Å². The number of aromatic nitrogens is 2. The summed E-state index contributed by atoms with van der Waals surface area (Å²) in [5.41, 5.74) is 3.87. The minimum atomic E-state index is -0.437. The van der Waals surface area contributed by atoms with Crippen molar-refractivity contribution < 1.29 is 19.0 Å². The van der Waals surface area contributed by atoms with Crippen molar-refractivity contribution in [2.24, 2.45) is 5.92 Å². The molecule has 0 fully saturated rings. The number of carbonyl (C=O) groups excluding carboxylic acids is 1. The Balaban J connectivity index is 1.74. The Bertz CT molecular complexity index is 1200. The van der Waals surface area contributed by atoms with Crippen molar-refractivity contribution in [3.8, 4) is 5.75 Å². The molecule has 0 saturated heterocycles. The van der Waals surface area contributed by atoms with E-state index in [1.54, 1.807) is 13.3 Å². The number of fused-ring (bicyclic) bond motifs is 3. The molecular weight excluding hydrogens is 392 g/mol. The lowest BCUT2D eigenvalue weighted by molar-refractivity contribution is 0.0447. The second-order valence-corrected chi connectivity index (χ2v) is 7.91. The first-order chi connectivity index (χ1) is 15.1. The molecule has 0 atom stereocenters. The van der Waals surface area contributed by atoms with Gasteiger partial charge in [-0.05, 0) is 29.7 Å². The lowest BCUT2D eigenvalue weighted by Gasteiger charge is -2.11. The zero-order valence-electron chi connectivity index (χ0n) is 18.0. The SMILES string of the molecule is COCc1c(C(=O)OCC(C)C)ncc2[nH]c3ccc(OCc4ccccc4)cc3c12. The summed E-state index contributed by atoms with van der Waals surface area (Å²) in [5, 5.41) is 1.85. The lowest BCUT2D eigenvalue weighted by atomic mass is 10.1. The van der Waals surface area contributed by atoms with Crippen LogP contribution >= 0.6 is 0 Å². The van der Waals surface area contributed by atoms with E-state index in [1.165, 1.54) is 0 Å². The normalized spacial score (nSPS) is 11.4. The molecule has 0 saturated carbocycles. The van der Waals surface area contributed by atoms with Crippen molar-refractivity contribution in [3.05, 3.63) is 71.5 Å². The maximum absolute atomic E-state index is 12.7. The molecule has 1 N–H and O–H groups in total. The van der Waals surface area contributed by atoms with E-state index in [1.807, 2.05) is 62.4 Å². The highest BCUT2D eigenvalue weighted by atomic mass is 16.5. The number of hydrogen-bond donors (Lipinski definition) is 1. The molecule has 31 heavy (non-hydrogen) atoms. The fraction of sp³-hybridized carbons (Fsp3) is 0.280. The van der Waals surface area contributed by atoms with E-state index in [0.717, 1.165) is 33.1 Å². The number of esters is 1. The van der Waals surface area contributed by atoms with Gasteiger partial charge in [-0.1, -0.05) is 44.2 Å². The monoisotopic (exact) mass is 418 g/mol. The maximum atomic E-state index is 12.7. The molecule has 2 aromatic carbocycles. The lowest BCUT2D eigenvalue weighted by Crippen LogP contribution is -2.14. The molecule has 0 aliphatic heterocycles. The molecule has 0 radical (unpaired) electrons. The molecule has 0 spiro atoms. The van der Waals surface area contributed by atoms with Crippen LogP contribution in [-0.4, -0.2) is 29.7 Å². The van der Waals surface area contributed by atoms with Crippen LogP contribution in [0, 0.1) is 5.92 Å². The van der Waals surface area contributed by atoms with E-state index in [4.69, 9.17) is 14.2 Å². The number of pyridine rings is 1. The third-order valence-electron chi connectivity index (χ3n) is 4.99. The summed E-state index contributed by atoms with van der Waals surface area (Å²) >= 11 is 0. The zero-order chi connectivity index (χ0) is 21.8. The van der Waals surface area contributed by atoms with Crippen LogP contribution < -0.4 is 4.74 Å². The standard InChI is InChI=1S/C25H26N2O4/c1-16(2)13-31-25(28)24-20(15-29-3)23-19-11-18(30-14-17-7-5-4-6-8-17)9-10-21(19)27-22(23)12-26-24/h4-12,16,27H,13-15H2,1-3H3. The minimum Gasteiger partial charge on any atom is -0.489 e. The number of rotatable bonds is 8. The Morgan fingerprint density at radius 1 is 1.06 bits per heavy atom. The fourth-order valence-corrected chi connectivity index (χ4v) is 3.54. The van der Waals surface area contributed by atoms with E-state index < -0.39 is 5.97 Å². The van der Waals surface area contributed by atoms with Gasteiger partial charge in [-0.15, -0.1) is 0 Å². The van der Waals surface area contributed by atoms with Crippen molar-refractivity contribution in [2.75, 3.05) is 13.7 Å². The summed E-state index contributed by atoms with van der Waals surface area (Å²) in [6.07, 6.45) is 1.67. The van der Waals surface area contributed by atoms with Crippen LogP contribution in [0.4, 0.5) is 0 Å². The molecule has 0 aliphatic carbocycles. The van der Waals surface area contributed by atoms with Crippen molar-refractivity contribution >= 4 is 27.8 Å². The molecule has 4 rings (SSSR count). The molecule has 0 aliphatic rings. The van der Waals surface area contributed by atoms with Gasteiger partial charge in [-0.3, -0.25) is 0 Å². The summed E-state index contributed by atoms with van der Waals surface area (Å²) in [4.78, 5) is 20.4. The Hall–Kier alpha value is -3.38. The summed E-state index contributed by atoms with van der Waals surface area (Å²) in [6.45, 7) is 5.07. The van der Waals surface area contributed by atoms with Gasteiger partial charge in [-0.25, -0.2) is 9.78 Å². The number of methoxy groups -OCH3 is 1. The smallest absolute Gasteiger partial charge is 0.357 e. The van der Waals surface area contributed by atoms with E-state index in [9.17, 15) is 4.79 Å². The number of carbonyl (C=O) groups is 1. The minimum absolute atomic E-state index is 0.246. The first-order valence-electron chi connectivity index (χ1n) is 10.3. The van der Waals surface area contributed by atoms with Crippen LogP contribution in [0.15, 0.2) is 54.7 Å². The van der Waals surface area contributed by atoms with Gasteiger partial charge in [0.15, 0.2) is 5.69 Å². The average Bonchev–Trinajstić information content (AvgIpc) is 3.15. The number of nitrogens with one attached hydrogen (secondary N) is 1. The predicted octanol–water partition coefficient (Wildman–Crippen LogP) is 5.25. The first-order valence-corrected chi connectivity index (χ1v) is 10.3. The number of ether oxygens (including phenoxy) is 3. The van der Waals surface area contributed by atoms with Gasteiger partial charge in [0, 0.05) is 29.0 Å². The predicted molar refractivity (Wildman–Crippen MR) is 120 cm³/mol. The molecule has 0 unspecified atom stereocenters. The molecule has 6 nitrogen and oxygen atoms in total. The highest BCUT2D eigenvalue weighted by Gasteiger charge is 2.21. The second kappa shape index (κ2) is 9.18. The van der Waals surface area contributed by atoms with Crippen LogP contribution in [0.1, 0.15) is 35.5 Å². The van der Waals surface area contributed by atoms with Crippen molar-refractivity contribution in [1.82, 2.24) is 9.97 Å². The number of aromatic amines is 1. The summed E-state index contributed by atoms with van der Waals surface area (Å²) < 4.78 is 16.9. The van der Waals surface area contributed by atoms with Gasteiger partial charge in [0.25, 0.3) is 0 Å². The van der Waals surface area contributed by atoms with Crippen LogP contribution in [0.5, 0.6) is 5.75 Å². The number of H-pyrrole nitrogens is 1. The molecular formula is C25H26N2O4. The van der Waals surface area contributed by atoms with E-state index in [-0.39, 0.29) is 18.2 Å². The van der Waals surface area contributed by atoms with Gasteiger partial charge < -0.3 is 19.2 Å². The molecule has 160 valence electrons. The van der Waals surface area contributed by atoms with Crippen LogP contribution in [0.3, 0.4) is 0 Å². The van der Waals surface area contributed by atoms with Crippen molar-refractivity contribution in [2.45, 2.75) is 27.1 Å². The van der Waals surface area contributed by atoms with E-state index in [2.05, 4.69) is 9.97 Å². The summed E-state index contributed by atoms with van der Waals surface area (Å²) in [5.74, 6) is 0.561. The molecule has 0 amide bonds. The average molecular weight is 418 g/mol. The Labute approximate surface area is 181 Å². The molecule has 6 heteroatoms. The third kappa shape index (κ3) is 4.54. The van der Waals surface area contributed by atoms with Crippen LogP contribution in [0.2, 0.25) is 0 Å². The Kier molecular flexibility index (Phi) is 6.18. The second-order valence-electron chi connectivity index (χ2n) is 7.91. The maximum Gasteiger partial charge on any atom is 0.357 e. The summed E-state index contributed by atoms with van der Waals surface area (Å²) in [6, 6.07) is 15.9. The largest absolute Gasteiger partial charge is 0.489 e. The topological polar surface area (TPSA) is 73.4 Å². The first kappa shape index (κ1) is 20.9. The molecule has 2 heterocycles. The number of benzene rings is 2. The highest BCUT2D eigenvalue weighted by molar-refractivity contribution is 6.11. The Morgan fingerprint density at radius 2 is 1.87 bits per heavy atom. The summed E-state index contributed by atoms with van der Waals surface area (Å²) in [7, 11) is 1.60. The van der Waals surface area contributed by atoms with Crippen LogP contribution in [-0.2, 0) is 22.7 Å². The van der Waals surface area contributed by atoms with Gasteiger partial charge in [0.1, 0.15) is 12.4 Å². The number of nitrogens with zero attached hydrogens (tertiary/aromatic N) is 1. The van der Waals surface area contributed by atoms with Crippen molar-refractivity contribution in [1.29, 1.82) is 0 Å². The number of hydrogen-bond acceptors (Lipinski definition) is 5. The van der Waals surface area contributed by atoms with Gasteiger partial charge in [0.05, 0.1) is 24.9 Å². The quantitative estimate of drug-likeness (QED) is 0.396. The molecule has 2 aromatic heterocycles. The van der Waals surface area contributed by atoms with Gasteiger partial charge in [-0.2, -0.15) is 0 Å². The zero-order valence-corrected chi connectivity index (χ0v) is 18.0. The van der Waals surface area contributed by atoms with E-state index >= 15 is 0 Å². The molecule has 0 bridgehead atoms. The molecule has 4 aromatic rings. The highest BCUT2D eigenvalue weighted by Crippen LogP contribution is 2.33. The van der Waals surface area contributed by atoms with Gasteiger partial charge >= 0.3 is 5.97 Å². The van der Waals surface area contributed by atoms with Gasteiger partial charge in [0.2, 0.25) is 0 Å². The Morgan fingerprint density at radius 3 is 2.61 bits per heavy atom. The van der Waals surface area contributed by atoms with Crippen LogP contribution in [0.25, 0.3) is 21.8 Å².